The van der Waals surface area contributed by atoms with Gasteiger partial charge in [-0.3, -0.25) is 4.79 Å². The summed E-state index contributed by atoms with van der Waals surface area (Å²) in [5.41, 5.74) is 0. The van der Waals surface area contributed by atoms with Gasteiger partial charge in [-0.2, -0.15) is 0 Å². The third-order valence-corrected chi connectivity index (χ3v) is 4.05. The standard InChI is InChI=1S/C13H19NO2/c15-13(3-4-14-5-6-14)16-9-12-8-10-1-2-11(12)7-10/h1-2,10-12H,3-9H2. The Morgan fingerprint density at radius 1 is 1.31 bits per heavy atom. The Hall–Kier alpha value is -0.830. The van der Waals surface area contributed by atoms with Crippen LogP contribution in [-0.2, 0) is 9.53 Å². The van der Waals surface area contributed by atoms with Crippen LogP contribution in [0.3, 0.4) is 0 Å². The second-order valence-corrected chi connectivity index (χ2v) is 5.31. The molecule has 3 aliphatic rings. The molecule has 0 amide bonds. The summed E-state index contributed by atoms with van der Waals surface area (Å²) >= 11 is 0. The molecule has 0 spiro atoms. The molecular formula is C13H19NO2. The minimum absolute atomic E-state index is 0.0151. The molecule has 3 rings (SSSR count). The van der Waals surface area contributed by atoms with Crippen molar-refractivity contribution < 1.29 is 9.53 Å². The molecule has 2 bridgehead atoms. The zero-order valence-corrected chi connectivity index (χ0v) is 9.60. The fraction of sp³-hybridized carbons (Fsp3) is 0.769. The predicted molar refractivity (Wildman–Crippen MR) is 60.9 cm³/mol. The number of fused-ring (bicyclic) bond motifs is 2. The second-order valence-electron chi connectivity index (χ2n) is 5.31. The van der Waals surface area contributed by atoms with Gasteiger partial charge in [-0.1, -0.05) is 12.2 Å². The highest BCUT2D eigenvalue weighted by atomic mass is 16.5. The molecule has 0 N–H and O–H groups in total. The molecule has 88 valence electrons. The van der Waals surface area contributed by atoms with Gasteiger partial charge in [-0.25, -0.2) is 0 Å². The van der Waals surface area contributed by atoms with Gasteiger partial charge in [0.15, 0.2) is 0 Å². The highest BCUT2D eigenvalue weighted by molar-refractivity contribution is 5.69. The van der Waals surface area contributed by atoms with Crippen molar-refractivity contribution in [3.8, 4) is 0 Å². The minimum atomic E-state index is -0.0151. The molecular weight excluding hydrogens is 202 g/mol. The van der Waals surface area contributed by atoms with Gasteiger partial charge in [0.25, 0.3) is 0 Å². The first-order valence-corrected chi connectivity index (χ1v) is 6.37. The summed E-state index contributed by atoms with van der Waals surface area (Å²) in [6, 6.07) is 0. The summed E-state index contributed by atoms with van der Waals surface area (Å²) in [6.45, 7) is 3.84. The molecule has 3 unspecified atom stereocenters. The van der Waals surface area contributed by atoms with E-state index < -0.39 is 0 Å². The molecule has 16 heavy (non-hydrogen) atoms. The van der Waals surface area contributed by atoms with E-state index in [-0.39, 0.29) is 5.97 Å². The summed E-state index contributed by atoms with van der Waals surface area (Å²) in [6.07, 6.45) is 7.71. The third kappa shape index (κ3) is 2.29. The van der Waals surface area contributed by atoms with Crippen molar-refractivity contribution in [3.63, 3.8) is 0 Å². The lowest BCUT2D eigenvalue weighted by molar-refractivity contribution is -0.145. The average Bonchev–Trinajstić information content (AvgIpc) is 2.89. The molecule has 0 aromatic rings. The SMILES string of the molecule is O=C(CCN1CC1)OCC1CC2C=CC1C2. The number of allylic oxidation sites excluding steroid dienone is 2. The van der Waals surface area contributed by atoms with Crippen LogP contribution < -0.4 is 0 Å². The molecule has 1 heterocycles. The van der Waals surface area contributed by atoms with E-state index in [1.165, 1.54) is 12.8 Å². The van der Waals surface area contributed by atoms with E-state index >= 15 is 0 Å². The quantitative estimate of drug-likeness (QED) is 0.400. The number of esters is 1. The largest absolute Gasteiger partial charge is 0.465 e. The van der Waals surface area contributed by atoms with E-state index in [2.05, 4.69) is 17.1 Å². The van der Waals surface area contributed by atoms with Crippen molar-refractivity contribution in [1.29, 1.82) is 0 Å². The van der Waals surface area contributed by atoms with Crippen molar-refractivity contribution >= 4 is 5.97 Å². The second kappa shape index (κ2) is 4.21. The van der Waals surface area contributed by atoms with Gasteiger partial charge in [0.05, 0.1) is 13.0 Å². The molecule has 1 aliphatic heterocycles. The summed E-state index contributed by atoms with van der Waals surface area (Å²) < 4.78 is 5.36. The number of nitrogens with zero attached hydrogens (tertiary/aromatic N) is 1. The van der Waals surface area contributed by atoms with Crippen LogP contribution in [-0.4, -0.2) is 37.1 Å². The van der Waals surface area contributed by atoms with Crippen LogP contribution in [0, 0.1) is 17.8 Å². The van der Waals surface area contributed by atoms with Crippen molar-refractivity contribution in [2.45, 2.75) is 19.3 Å². The molecule has 0 radical (unpaired) electrons. The van der Waals surface area contributed by atoms with Crippen molar-refractivity contribution in [1.82, 2.24) is 4.90 Å². The Bertz CT molecular complexity index is 309. The Kier molecular flexibility index (Phi) is 2.72. The van der Waals surface area contributed by atoms with Gasteiger partial charge < -0.3 is 9.64 Å². The molecule has 2 fully saturated rings. The summed E-state index contributed by atoms with van der Waals surface area (Å²) in [4.78, 5) is 13.7. The topological polar surface area (TPSA) is 29.3 Å². The van der Waals surface area contributed by atoms with Crippen LogP contribution in [0.2, 0.25) is 0 Å². The fourth-order valence-corrected chi connectivity index (χ4v) is 2.90. The number of carbonyl (C=O) groups excluding carboxylic acids is 1. The van der Waals surface area contributed by atoms with Crippen LogP contribution in [0.1, 0.15) is 19.3 Å². The Morgan fingerprint density at radius 3 is 2.81 bits per heavy atom. The molecule has 3 heteroatoms. The average molecular weight is 221 g/mol. The minimum Gasteiger partial charge on any atom is -0.465 e. The monoisotopic (exact) mass is 221 g/mol. The van der Waals surface area contributed by atoms with E-state index in [1.54, 1.807) is 0 Å². The number of rotatable bonds is 5. The molecule has 0 aromatic heterocycles. The Labute approximate surface area is 96.4 Å². The van der Waals surface area contributed by atoms with Gasteiger partial charge in [-0.05, 0) is 30.6 Å². The van der Waals surface area contributed by atoms with Crippen molar-refractivity contribution in [2.24, 2.45) is 17.8 Å². The van der Waals surface area contributed by atoms with Gasteiger partial charge in [-0.15, -0.1) is 0 Å². The molecule has 1 saturated heterocycles. The normalized spacial score (nSPS) is 35.6. The number of ether oxygens (including phenoxy) is 1. The van der Waals surface area contributed by atoms with E-state index in [0.717, 1.165) is 25.6 Å². The first kappa shape index (κ1) is 10.3. The maximum atomic E-state index is 11.5. The van der Waals surface area contributed by atoms with Gasteiger partial charge in [0.1, 0.15) is 0 Å². The Balaban J connectivity index is 1.36. The van der Waals surface area contributed by atoms with E-state index in [9.17, 15) is 4.79 Å². The lowest BCUT2D eigenvalue weighted by Gasteiger charge is -2.17. The highest BCUT2D eigenvalue weighted by Gasteiger charge is 2.36. The van der Waals surface area contributed by atoms with Crippen molar-refractivity contribution in [2.75, 3.05) is 26.2 Å². The zero-order valence-electron chi connectivity index (χ0n) is 9.60. The lowest BCUT2D eigenvalue weighted by Crippen LogP contribution is -2.19. The van der Waals surface area contributed by atoms with E-state index in [0.29, 0.717) is 24.9 Å². The number of carbonyl (C=O) groups is 1. The van der Waals surface area contributed by atoms with Crippen LogP contribution in [0.5, 0.6) is 0 Å². The molecule has 3 nitrogen and oxygen atoms in total. The van der Waals surface area contributed by atoms with E-state index in [4.69, 9.17) is 4.74 Å². The number of hydrogen-bond acceptors (Lipinski definition) is 3. The van der Waals surface area contributed by atoms with Gasteiger partial charge in [0.2, 0.25) is 0 Å². The molecule has 3 atom stereocenters. The first-order valence-electron chi connectivity index (χ1n) is 6.37. The zero-order chi connectivity index (χ0) is 11.0. The Morgan fingerprint density at radius 2 is 2.19 bits per heavy atom. The predicted octanol–water partition coefficient (Wildman–Crippen LogP) is 1.45. The highest BCUT2D eigenvalue weighted by Crippen LogP contribution is 2.43. The fourth-order valence-electron chi connectivity index (χ4n) is 2.90. The van der Waals surface area contributed by atoms with Gasteiger partial charge in [0, 0.05) is 19.6 Å². The molecule has 0 aromatic carbocycles. The maximum Gasteiger partial charge on any atom is 0.307 e. The van der Waals surface area contributed by atoms with Crippen LogP contribution in [0.15, 0.2) is 12.2 Å². The van der Waals surface area contributed by atoms with E-state index in [1.807, 2.05) is 0 Å². The lowest BCUT2D eigenvalue weighted by atomic mass is 9.95. The van der Waals surface area contributed by atoms with Crippen LogP contribution >= 0.6 is 0 Å². The smallest absolute Gasteiger partial charge is 0.307 e. The third-order valence-electron chi connectivity index (χ3n) is 4.05. The molecule has 2 aliphatic carbocycles. The summed E-state index contributed by atoms with van der Waals surface area (Å²) in [7, 11) is 0. The number of hydrogen-bond donors (Lipinski definition) is 0. The maximum absolute atomic E-state index is 11.5. The van der Waals surface area contributed by atoms with Crippen molar-refractivity contribution in [3.05, 3.63) is 12.2 Å². The molecule has 1 saturated carbocycles. The van der Waals surface area contributed by atoms with Crippen LogP contribution in [0.25, 0.3) is 0 Å². The summed E-state index contributed by atoms with van der Waals surface area (Å²) in [5, 5.41) is 0. The summed E-state index contributed by atoms with van der Waals surface area (Å²) in [5.74, 6) is 2.04. The van der Waals surface area contributed by atoms with Crippen LogP contribution in [0.4, 0.5) is 0 Å². The van der Waals surface area contributed by atoms with Gasteiger partial charge >= 0.3 is 5.97 Å². The first-order chi connectivity index (χ1) is 7.81.